The van der Waals surface area contributed by atoms with Gasteiger partial charge in [-0.25, -0.2) is 0 Å². The molecule has 0 saturated carbocycles. The maximum absolute atomic E-state index is 11.2. The van der Waals surface area contributed by atoms with Crippen LogP contribution < -0.4 is 0 Å². The topological polar surface area (TPSA) is 53.1 Å². The highest BCUT2D eigenvalue weighted by atomic mass is 16.4. The lowest BCUT2D eigenvalue weighted by molar-refractivity contribution is -0.136. The van der Waals surface area contributed by atoms with E-state index in [1.165, 1.54) is 0 Å². The second-order valence-electron chi connectivity index (χ2n) is 5.47. The number of carboxylic acids is 1. The van der Waals surface area contributed by atoms with Gasteiger partial charge in [0, 0.05) is 10.9 Å². The van der Waals surface area contributed by atoms with Crippen LogP contribution in [0.15, 0.2) is 42.5 Å². The molecule has 2 aromatic carbocycles. The summed E-state index contributed by atoms with van der Waals surface area (Å²) in [6, 6.07) is 14.2. The van der Waals surface area contributed by atoms with Crippen LogP contribution in [0.4, 0.5) is 0 Å². The summed E-state index contributed by atoms with van der Waals surface area (Å²) in [5, 5.41) is 10.2. The van der Waals surface area contributed by atoms with Crippen molar-refractivity contribution in [2.24, 2.45) is 0 Å². The zero-order valence-corrected chi connectivity index (χ0v) is 12.1. The highest BCUT2D eigenvalue weighted by Crippen LogP contribution is 2.31. The Kier molecular flexibility index (Phi) is 3.26. The van der Waals surface area contributed by atoms with E-state index in [0.717, 1.165) is 38.9 Å². The SMILES string of the molecule is Cc1cccc(-c2[nH]c3ccc(C)cc3c2CC(=O)O)c1. The molecule has 0 fully saturated rings. The number of aromatic nitrogens is 1. The van der Waals surface area contributed by atoms with Crippen LogP contribution >= 0.6 is 0 Å². The summed E-state index contributed by atoms with van der Waals surface area (Å²) in [5.41, 5.74) is 6.05. The molecule has 106 valence electrons. The Bertz CT molecular complexity index is 830. The Morgan fingerprint density at radius 2 is 1.86 bits per heavy atom. The van der Waals surface area contributed by atoms with Gasteiger partial charge in [0.25, 0.3) is 0 Å². The smallest absolute Gasteiger partial charge is 0.307 e. The lowest BCUT2D eigenvalue weighted by Gasteiger charge is -2.04. The monoisotopic (exact) mass is 279 g/mol. The van der Waals surface area contributed by atoms with Gasteiger partial charge in [-0.1, -0.05) is 35.4 Å². The number of rotatable bonds is 3. The van der Waals surface area contributed by atoms with E-state index >= 15 is 0 Å². The molecule has 3 aromatic rings. The molecule has 0 aliphatic carbocycles. The third-order valence-corrected chi connectivity index (χ3v) is 3.70. The second kappa shape index (κ2) is 5.09. The predicted molar refractivity (Wildman–Crippen MR) is 84.5 cm³/mol. The average Bonchev–Trinajstić information content (AvgIpc) is 2.76. The largest absolute Gasteiger partial charge is 0.481 e. The number of aryl methyl sites for hydroxylation is 2. The number of fused-ring (bicyclic) bond motifs is 1. The van der Waals surface area contributed by atoms with Crippen LogP contribution in [0.2, 0.25) is 0 Å². The number of carboxylic acid groups (broad SMARTS) is 1. The summed E-state index contributed by atoms with van der Waals surface area (Å²) in [4.78, 5) is 14.6. The molecule has 3 rings (SSSR count). The van der Waals surface area contributed by atoms with Crippen molar-refractivity contribution in [2.75, 3.05) is 0 Å². The molecule has 0 bridgehead atoms. The fourth-order valence-electron chi connectivity index (χ4n) is 2.74. The molecular weight excluding hydrogens is 262 g/mol. The van der Waals surface area contributed by atoms with Gasteiger partial charge in [-0.05, 0) is 43.2 Å². The van der Waals surface area contributed by atoms with E-state index in [2.05, 4.69) is 11.1 Å². The van der Waals surface area contributed by atoms with Crippen LogP contribution in [0, 0.1) is 13.8 Å². The molecule has 3 nitrogen and oxygen atoms in total. The van der Waals surface area contributed by atoms with Crippen molar-refractivity contribution in [3.63, 3.8) is 0 Å². The lowest BCUT2D eigenvalue weighted by atomic mass is 10.0. The number of aliphatic carboxylic acids is 1. The maximum atomic E-state index is 11.2. The Morgan fingerprint density at radius 3 is 2.57 bits per heavy atom. The van der Waals surface area contributed by atoms with Crippen molar-refractivity contribution in [3.05, 3.63) is 59.2 Å². The first-order valence-corrected chi connectivity index (χ1v) is 6.94. The van der Waals surface area contributed by atoms with Gasteiger partial charge in [-0.3, -0.25) is 4.79 Å². The Hall–Kier alpha value is -2.55. The van der Waals surface area contributed by atoms with Crippen LogP contribution in [0.25, 0.3) is 22.2 Å². The lowest BCUT2D eigenvalue weighted by Crippen LogP contribution is -2.01. The van der Waals surface area contributed by atoms with Gasteiger partial charge in [-0.2, -0.15) is 0 Å². The molecule has 0 radical (unpaired) electrons. The molecule has 0 atom stereocenters. The van der Waals surface area contributed by atoms with Gasteiger partial charge in [0.2, 0.25) is 0 Å². The predicted octanol–water partition coefficient (Wildman–Crippen LogP) is 4.08. The Balaban J connectivity index is 2.28. The summed E-state index contributed by atoms with van der Waals surface area (Å²) >= 11 is 0. The summed E-state index contributed by atoms with van der Waals surface area (Å²) in [7, 11) is 0. The van der Waals surface area contributed by atoms with Gasteiger partial charge in [0.05, 0.1) is 12.1 Å². The fourth-order valence-corrected chi connectivity index (χ4v) is 2.74. The van der Waals surface area contributed by atoms with Gasteiger partial charge in [-0.15, -0.1) is 0 Å². The minimum atomic E-state index is -0.814. The number of H-pyrrole nitrogens is 1. The number of aromatic amines is 1. The van der Waals surface area contributed by atoms with E-state index < -0.39 is 5.97 Å². The maximum Gasteiger partial charge on any atom is 0.307 e. The molecule has 3 heteroatoms. The number of nitrogens with one attached hydrogen (secondary N) is 1. The molecule has 2 N–H and O–H groups in total. The molecule has 0 saturated heterocycles. The van der Waals surface area contributed by atoms with Gasteiger partial charge in [0.1, 0.15) is 0 Å². The Labute approximate surface area is 123 Å². The summed E-state index contributed by atoms with van der Waals surface area (Å²) in [5.74, 6) is -0.814. The summed E-state index contributed by atoms with van der Waals surface area (Å²) < 4.78 is 0. The van der Waals surface area contributed by atoms with Crippen LogP contribution in [-0.4, -0.2) is 16.1 Å². The van der Waals surface area contributed by atoms with E-state index in [9.17, 15) is 9.90 Å². The van der Waals surface area contributed by atoms with Gasteiger partial charge in [0.15, 0.2) is 0 Å². The molecule has 1 aromatic heterocycles. The van der Waals surface area contributed by atoms with E-state index in [1.54, 1.807) is 0 Å². The van der Waals surface area contributed by atoms with Crippen LogP contribution in [0.5, 0.6) is 0 Å². The number of benzene rings is 2. The third kappa shape index (κ3) is 2.55. The van der Waals surface area contributed by atoms with Crippen molar-refractivity contribution in [2.45, 2.75) is 20.3 Å². The molecule has 0 unspecified atom stereocenters. The zero-order valence-electron chi connectivity index (χ0n) is 12.1. The van der Waals surface area contributed by atoms with Crippen molar-refractivity contribution in [1.82, 2.24) is 4.98 Å². The standard InChI is InChI=1S/C18H17NO2/c1-11-4-3-5-13(8-11)18-15(10-17(20)21)14-9-12(2)6-7-16(14)19-18/h3-9,19H,10H2,1-2H3,(H,20,21). The highest BCUT2D eigenvalue weighted by Gasteiger charge is 2.16. The van der Waals surface area contributed by atoms with Crippen LogP contribution in [-0.2, 0) is 11.2 Å². The molecule has 0 aliphatic rings. The number of hydrogen-bond donors (Lipinski definition) is 2. The second-order valence-corrected chi connectivity index (χ2v) is 5.47. The third-order valence-electron chi connectivity index (χ3n) is 3.70. The van der Waals surface area contributed by atoms with Crippen molar-refractivity contribution in [3.8, 4) is 11.3 Å². The van der Waals surface area contributed by atoms with Crippen LogP contribution in [0.3, 0.4) is 0 Å². The van der Waals surface area contributed by atoms with E-state index in [0.29, 0.717) is 0 Å². The molecular formula is C18H17NO2. The number of hydrogen-bond acceptors (Lipinski definition) is 1. The molecule has 1 heterocycles. The average molecular weight is 279 g/mol. The first-order chi connectivity index (χ1) is 10.0. The van der Waals surface area contributed by atoms with E-state index in [1.807, 2.05) is 50.2 Å². The Morgan fingerprint density at radius 1 is 1.10 bits per heavy atom. The van der Waals surface area contributed by atoms with Crippen molar-refractivity contribution < 1.29 is 9.90 Å². The van der Waals surface area contributed by atoms with Crippen molar-refractivity contribution >= 4 is 16.9 Å². The molecule has 0 spiro atoms. The molecule has 0 amide bonds. The quantitative estimate of drug-likeness (QED) is 0.759. The summed E-state index contributed by atoms with van der Waals surface area (Å²) in [6.07, 6.45) is 0.0206. The minimum Gasteiger partial charge on any atom is -0.481 e. The minimum absolute atomic E-state index is 0.0206. The summed E-state index contributed by atoms with van der Waals surface area (Å²) in [6.45, 7) is 4.05. The van der Waals surface area contributed by atoms with E-state index in [4.69, 9.17) is 0 Å². The van der Waals surface area contributed by atoms with Crippen LogP contribution in [0.1, 0.15) is 16.7 Å². The highest BCUT2D eigenvalue weighted by molar-refractivity contribution is 5.94. The first-order valence-electron chi connectivity index (χ1n) is 6.94. The first kappa shape index (κ1) is 13.4. The van der Waals surface area contributed by atoms with Gasteiger partial charge < -0.3 is 10.1 Å². The zero-order chi connectivity index (χ0) is 15.0. The normalized spacial score (nSPS) is 11.0. The van der Waals surface area contributed by atoms with Crippen molar-refractivity contribution in [1.29, 1.82) is 0 Å². The molecule has 21 heavy (non-hydrogen) atoms. The van der Waals surface area contributed by atoms with Gasteiger partial charge >= 0.3 is 5.97 Å². The molecule has 0 aliphatic heterocycles. The van der Waals surface area contributed by atoms with E-state index in [-0.39, 0.29) is 6.42 Å². The number of carbonyl (C=O) groups is 1. The fraction of sp³-hybridized carbons (Fsp3) is 0.167.